The fourth-order valence-electron chi connectivity index (χ4n) is 2.66. The van der Waals surface area contributed by atoms with E-state index in [4.69, 9.17) is 4.74 Å². The lowest BCUT2D eigenvalue weighted by molar-refractivity contribution is -0.204. The van der Waals surface area contributed by atoms with Crippen LogP contribution in [0.5, 0.6) is 5.75 Å². The van der Waals surface area contributed by atoms with Crippen molar-refractivity contribution in [3.63, 3.8) is 0 Å². The standard InChI is InChI=1S/C20H18F6N2O4/c1-3-32-17(30)18(20(24,25)26,27-15-7-5-4-6-14(15)19(21,22)23)28-16(29)12-8-10-13(31-2)11-9-12/h4-11,27H,3H2,1-2H3,(H,28,29). The van der Waals surface area contributed by atoms with Crippen LogP contribution in [0.1, 0.15) is 22.8 Å². The third-order valence-corrected chi connectivity index (χ3v) is 4.21. The zero-order valence-electron chi connectivity index (χ0n) is 16.7. The Kier molecular flexibility index (Phi) is 7.27. The second-order valence-corrected chi connectivity index (χ2v) is 6.32. The Labute approximate surface area is 178 Å². The van der Waals surface area contributed by atoms with Crippen LogP contribution < -0.4 is 15.4 Å². The van der Waals surface area contributed by atoms with Crippen molar-refractivity contribution < 1.29 is 45.4 Å². The van der Waals surface area contributed by atoms with Crippen molar-refractivity contribution in [3.05, 3.63) is 59.7 Å². The van der Waals surface area contributed by atoms with E-state index in [9.17, 15) is 35.9 Å². The van der Waals surface area contributed by atoms with Gasteiger partial charge in [0, 0.05) is 11.3 Å². The number of ether oxygens (including phenoxy) is 2. The molecule has 0 saturated carbocycles. The normalized spacial score (nSPS) is 13.6. The molecule has 1 atom stereocenters. The average Bonchev–Trinajstić information content (AvgIpc) is 2.72. The quantitative estimate of drug-likeness (QED) is 0.362. The summed E-state index contributed by atoms with van der Waals surface area (Å²) in [7, 11) is 1.33. The lowest BCUT2D eigenvalue weighted by Crippen LogP contribution is -2.69. The minimum absolute atomic E-state index is 0.297. The molecule has 174 valence electrons. The topological polar surface area (TPSA) is 76.7 Å². The minimum atomic E-state index is -5.60. The van der Waals surface area contributed by atoms with Crippen molar-refractivity contribution in [2.75, 3.05) is 19.0 Å². The highest BCUT2D eigenvalue weighted by Gasteiger charge is 2.64. The van der Waals surface area contributed by atoms with Gasteiger partial charge in [-0.3, -0.25) is 4.79 Å². The highest BCUT2D eigenvalue weighted by atomic mass is 19.4. The van der Waals surface area contributed by atoms with Crippen molar-refractivity contribution in [2.24, 2.45) is 0 Å². The van der Waals surface area contributed by atoms with E-state index in [2.05, 4.69) is 4.74 Å². The number of methoxy groups -OCH3 is 1. The molecule has 2 rings (SSSR count). The number of hydrogen-bond acceptors (Lipinski definition) is 5. The van der Waals surface area contributed by atoms with Crippen molar-refractivity contribution in [2.45, 2.75) is 24.9 Å². The number of nitrogens with one attached hydrogen (secondary N) is 2. The highest BCUT2D eigenvalue weighted by molar-refractivity contribution is 5.99. The Morgan fingerprint density at radius 3 is 2.03 bits per heavy atom. The van der Waals surface area contributed by atoms with Gasteiger partial charge in [0.1, 0.15) is 5.75 Å². The Morgan fingerprint density at radius 2 is 1.53 bits per heavy atom. The molecule has 0 aromatic heterocycles. The number of esters is 1. The van der Waals surface area contributed by atoms with Crippen LogP contribution in [0, 0.1) is 0 Å². The van der Waals surface area contributed by atoms with Gasteiger partial charge in [-0.05, 0) is 43.3 Å². The summed E-state index contributed by atoms with van der Waals surface area (Å²) in [6, 6.07) is 8.01. The second kappa shape index (κ2) is 9.37. The van der Waals surface area contributed by atoms with E-state index in [0.717, 1.165) is 24.3 Å². The first-order valence-corrected chi connectivity index (χ1v) is 9.00. The fraction of sp³-hybridized carbons (Fsp3) is 0.300. The van der Waals surface area contributed by atoms with E-state index >= 15 is 0 Å². The second-order valence-electron chi connectivity index (χ2n) is 6.32. The van der Waals surface area contributed by atoms with Gasteiger partial charge in [0.15, 0.2) is 0 Å². The first-order chi connectivity index (χ1) is 14.9. The van der Waals surface area contributed by atoms with E-state index in [1.165, 1.54) is 36.8 Å². The van der Waals surface area contributed by atoms with Crippen molar-refractivity contribution in [1.29, 1.82) is 0 Å². The molecule has 2 N–H and O–H groups in total. The summed E-state index contributed by atoms with van der Waals surface area (Å²) in [6.45, 7) is 0.672. The maximum Gasteiger partial charge on any atom is 0.441 e. The number of hydrogen-bond donors (Lipinski definition) is 2. The van der Waals surface area contributed by atoms with E-state index in [0.29, 0.717) is 17.9 Å². The van der Waals surface area contributed by atoms with E-state index in [-0.39, 0.29) is 5.56 Å². The maximum atomic E-state index is 14.2. The van der Waals surface area contributed by atoms with Gasteiger partial charge < -0.3 is 20.1 Å². The van der Waals surface area contributed by atoms with Gasteiger partial charge in [-0.15, -0.1) is 0 Å². The maximum absolute atomic E-state index is 14.2. The molecular formula is C20H18F6N2O4. The zero-order valence-corrected chi connectivity index (χ0v) is 16.7. The fourth-order valence-corrected chi connectivity index (χ4v) is 2.66. The van der Waals surface area contributed by atoms with Crippen LogP contribution in [0.4, 0.5) is 32.0 Å². The predicted octanol–water partition coefficient (Wildman–Crippen LogP) is 4.38. The monoisotopic (exact) mass is 464 g/mol. The number of carbonyl (C=O) groups excluding carboxylic acids is 2. The number of carbonyl (C=O) groups is 2. The van der Waals surface area contributed by atoms with Crippen LogP contribution in [0.2, 0.25) is 0 Å². The number of amides is 1. The molecule has 0 aliphatic heterocycles. The van der Waals surface area contributed by atoms with Gasteiger partial charge in [0.2, 0.25) is 0 Å². The predicted molar refractivity (Wildman–Crippen MR) is 101 cm³/mol. The molecule has 1 amide bonds. The summed E-state index contributed by atoms with van der Waals surface area (Å²) in [5.74, 6) is -3.13. The molecule has 0 spiro atoms. The molecular weight excluding hydrogens is 446 g/mol. The molecule has 0 bridgehead atoms. The molecule has 0 aliphatic carbocycles. The van der Waals surface area contributed by atoms with E-state index in [1.54, 1.807) is 0 Å². The van der Waals surface area contributed by atoms with E-state index in [1.807, 2.05) is 0 Å². The summed E-state index contributed by atoms with van der Waals surface area (Å²) in [5.41, 5.74) is -6.88. The molecule has 12 heteroatoms. The number of rotatable bonds is 7. The molecule has 1 unspecified atom stereocenters. The van der Waals surface area contributed by atoms with Gasteiger partial charge in [-0.1, -0.05) is 12.1 Å². The summed E-state index contributed by atoms with van der Waals surface area (Å²) in [6.07, 6.45) is -10.6. The first-order valence-electron chi connectivity index (χ1n) is 9.00. The number of para-hydroxylation sites is 1. The summed E-state index contributed by atoms with van der Waals surface area (Å²) in [5, 5.41) is 3.02. The molecule has 0 fully saturated rings. The van der Waals surface area contributed by atoms with Gasteiger partial charge in [-0.2, -0.15) is 26.3 Å². The number of halogens is 6. The zero-order chi connectivity index (χ0) is 24.2. The molecule has 2 aromatic rings. The molecule has 0 aliphatic rings. The Balaban J connectivity index is 2.59. The summed E-state index contributed by atoms with van der Waals surface area (Å²) >= 11 is 0. The molecule has 0 saturated heterocycles. The van der Waals surface area contributed by atoms with Crippen LogP contribution in [-0.2, 0) is 15.7 Å². The Hall–Kier alpha value is -3.44. The minimum Gasteiger partial charge on any atom is -0.497 e. The highest BCUT2D eigenvalue weighted by Crippen LogP contribution is 2.39. The van der Waals surface area contributed by atoms with Crippen LogP contribution in [0.25, 0.3) is 0 Å². The lowest BCUT2D eigenvalue weighted by atomic mass is 10.1. The third-order valence-electron chi connectivity index (χ3n) is 4.21. The molecule has 0 radical (unpaired) electrons. The lowest BCUT2D eigenvalue weighted by Gasteiger charge is -2.36. The summed E-state index contributed by atoms with van der Waals surface area (Å²) in [4.78, 5) is 25.0. The number of alkyl halides is 6. The third kappa shape index (κ3) is 5.24. The average molecular weight is 464 g/mol. The van der Waals surface area contributed by atoms with Crippen LogP contribution >= 0.6 is 0 Å². The SMILES string of the molecule is CCOC(=O)C(NC(=O)c1ccc(OC)cc1)(Nc1ccccc1C(F)(F)F)C(F)(F)F. The van der Waals surface area contributed by atoms with Crippen LogP contribution in [0.15, 0.2) is 48.5 Å². The number of benzene rings is 2. The van der Waals surface area contributed by atoms with Crippen molar-refractivity contribution >= 4 is 17.6 Å². The Morgan fingerprint density at radius 1 is 0.938 bits per heavy atom. The van der Waals surface area contributed by atoms with Crippen LogP contribution in [0.3, 0.4) is 0 Å². The smallest absolute Gasteiger partial charge is 0.441 e. The molecule has 6 nitrogen and oxygen atoms in total. The summed E-state index contributed by atoms with van der Waals surface area (Å²) < 4.78 is 91.9. The van der Waals surface area contributed by atoms with Gasteiger partial charge in [-0.25, -0.2) is 4.79 Å². The van der Waals surface area contributed by atoms with E-state index < -0.39 is 47.7 Å². The Bertz CT molecular complexity index is 960. The van der Waals surface area contributed by atoms with Crippen molar-refractivity contribution in [1.82, 2.24) is 5.32 Å². The molecule has 2 aromatic carbocycles. The largest absolute Gasteiger partial charge is 0.497 e. The molecule has 0 heterocycles. The van der Waals surface area contributed by atoms with Gasteiger partial charge in [0.25, 0.3) is 5.91 Å². The first kappa shape index (κ1) is 24.8. The van der Waals surface area contributed by atoms with Crippen molar-refractivity contribution in [3.8, 4) is 5.75 Å². The van der Waals surface area contributed by atoms with Gasteiger partial charge >= 0.3 is 24.0 Å². The van der Waals surface area contributed by atoms with Gasteiger partial charge in [0.05, 0.1) is 19.3 Å². The molecule has 32 heavy (non-hydrogen) atoms. The van der Waals surface area contributed by atoms with Crippen LogP contribution in [-0.4, -0.2) is 37.4 Å². The number of anilines is 1.